The molecule has 0 aliphatic rings. The van der Waals surface area contributed by atoms with Gasteiger partial charge >= 0.3 is 0 Å². The molecule has 0 radical (unpaired) electrons. The van der Waals surface area contributed by atoms with E-state index < -0.39 is 0 Å². The molecule has 0 atom stereocenters. The Labute approximate surface area is 82.0 Å². The van der Waals surface area contributed by atoms with Gasteiger partial charge in [0.25, 0.3) is 5.95 Å². The second-order valence-electron chi connectivity index (χ2n) is 1.15. The number of thiocarbonyl (C=S) groups is 1. The second kappa shape index (κ2) is 4.65. The van der Waals surface area contributed by atoms with Crippen LogP contribution in [0.1, 0.15) is 0 Å². The van der Waals surface area contributed by atoms with Gasteiger partial charge in [-0.05, 0) is 5.21 Å². The zero-order valence-corrected chi connectivity index (χ0v) is 8.21. The Kier molecular flexibility index (Phi) is 4.59. The fourth-order valence-corrected chi connectivity index (χ4v) is 0.489. The quantitative estimate of drug-likeness (QED) is 0.399. The van der Waals surface area contributed by atoms with Gasteiger partial charge < -0.3 is 30.2 Å². The first-order valence-corrected chi connectivity index (χ1v) is 2.82. The summed E-state index contributed by atoms with van der Waals surface area (Å²) >= 11 is 9.05. The molecule has 10 heavy (non-hydrogen) atoms. The monoisotopic (exact) mass is 258 g/mol. The largest absolute Gasteiger partial charge is 0.411 e. The summed E-state index contributed by atoms with van der Waals surface area (Å²) in [5.74, 6) is 0.301. The van der Waals surface area contributed by atoms with Crippen molar-refractivity contribution in [2.45, 2.75) is 0 Å². The van der Waals surface area contributed by atoms with Crippen molar-refractivity contribution in [3.8, 4) is 0 Å². The zero-order valence-electron chi connectivity index (χ0n) is 4.57. The van der Waals surface area contributed by atoms with Gasteiger partial charge in [0.15, 0.2) is 0 Å². The van der Waals surface area contributed by atoms with Crippen molar-refractivity contribution in [2.24, 2.45) is 0 Å². The molecule has 8 heteroatoms. The van der Waals surface area contributed by atoms with Crippen LogP contribution in [0.4, 0.5) is 5.95 Å². The molecule has 2 N–H and O–H groups in total. The summed E-state index contributed by atoms with van der Waals surface area (Å²) in [6, 6.07) is 0. The number of hydrogen-bond acceptors (Lipinski definition) is 5. The summed E-state index contributed by atoms with van der Waals surface area (Å²) in [7, 11) is 0. The summed E-state index contributed by atoms with van der Waals surface area (Å²) in [4.78, 5) is 0. The Hall–Kier alpha value is -0.132. The summed E-state index contributed by atoms with van der Waals surface area (Å²) in [5.41, 5.74) is 0. The Morgan fingerprint density at radius 3 is 2.80 bits per heavy atom. The molecule has 0 saturated heterocycles. The van der Waals surface area contributed by atoms with Crippen LogP contribution in [0, 0.1) is 0 Å². The van der Waals surface area contributed by atoms with Gasteiger partial charge in [-0.15, -0.1) is 5.10 Å². The van der Waals surface area contributed by atoms with Crippen LogP contribution in [0.5, 0.6) is 0 Å². The molecule has 0 aromatic carbocycles. The third kappa shape index (κ3) is 3.14. The Morgan fingerprint density at radius 1 is 1.70 bits per heavy atom. The molecular weight excluding hydrogens is 254 g/mol. The maximum absolute atomic E-state index is 4.53. The van der Waals surface area contributed by atoms with Crippen LogP contribution in [0.25, 0.3) is 0 Å². The van der Waals surface area contributed by atoms with Crippen LogP contribution < -0.4 is 5.32 Å². The topological polar surface area (TPSA) is 66.5 Å². The fourth-order valence-electron chi connectivity index (χ4n) is 0.306. The number of hydrogen-bond donors (Lipinski definition) is 2. The molecule has 0 bridgehead atoms. The Bertz CT molecular complexity index is 197. The molecule has 0 amide bonds. The number of aromatic amines is 1. The van der Waals surface area contributed by atoms with Gasteiger partial charge in [-0.25, -0.2) is 0 Å². The number of nitrogens with zero attached hydrogens (tertiary/aromatic N) is 3. The van der Waals surface area contributed by atoms with E-state index in [2.05, 4.69) is 50.8 Å². The van der Waals surface area contributed by atoms with Crippen LogP contribution in [0.15, 0.2) is 0 Å². The van der Waals surface area contributed by atoms with E-state index in [1.807, 2.05) is 0 Å². The first-order valence-electron chi connectivity index (χ1n) is 2.00. The van der Waals surface area contributed by atoms with Crippen LogP contribution in [-0.2, 0) is 33.7 Å². The van der Waals surface area contributed by atoms with E-state index in [0.717, 1.165) is 0 Å². The van der Waals surface area contributed by atoms with Crippen molar-refractivity contribution in [1.82, 2.24) is 20.6 Å². The van der Waals surface area contributed by atoms with Gasteiger partial charge in [0.2, 0.25) is 0 Å². The van der Waals surface area contributed by atoms with Gasteiger partial charge in [0.1, 0.15) is 0 Å². The summed E-state index contributed by atoms with van der Waals surface area (Å²) < 4.78 is 0.205. The Balaban J connectivity index is 0.000000810. The molecule has 0 unspecified atom stereocenters. The Morgan fingerprint density at radius 2 is 2.40 bits per heavy atom. The van der Waals surface area contributed by atoms with Gasteiger partial charge in [0.05, 0.1) is 0 Å². The van der Waals surface area contributed by atoms with Crippen molar-refractivity contribution in [1.29, 1.82) is 0 Å². The summed E-state index contributed by atoms with van der Waals surface area (Å²) in [6.07, 6.45) is 0. The van der Waals surface area contributed by atoms with Crippen LogP contribution >= 0.6 is 12.2 Å². The molecule has 1 aromatic heterocycles. The van der Waals surface area contributed by atoms with E-state index in [1.54, 1.807) is 0 Å². The van der Waals surface area contributed by atoms with E-state index in [9.17, 15) is 0 Å². The molecule has 0 aliphatic heterocycles. The zero-order chi connectivity index (χ0) is 6.69. The van der Waals surface area contributed by atoms with Crippen molar-refractivity contribution in [3.05, 3.63) is 0 Å². The number of H-pyrrole nitrogens is 1. The predicted molar refractivity (Wildman–Crippen MR) is 37.8 cm³/mol. The van der Waals surface area contributed by atoms with Crippen molar-refractivity contribution >= 4 is 35.1 Å². The molecule has 0 aliphatic carbocycles. The number of rotatable bonds is 1. The van der Waals surface area contributed by atoms with E-state index >= 15 is 0 Å². The standard InChI is InChI=1S/C2H3N5S2.Mo/c8-2(9)3-1-4-6-7-5-1;/h(H3,3,4,5,6,7,8,9);/p-1. The van der Waals surface area contributed by atoms with Crippen molar-refractivity contribution in [2.75, 3.05) is 5.32 Å². The van der Waals surface area contributed by atoms with Gasteiger partial charge in [-0.3, -0.25) is 0 Å². The average molecular weight is 256 g/mol. The number of aromatic nitrogens is 4. The third-order valence-electron chi connectivity index (χ3n) is 0.559. The molecule has 0 saturated carbocycles. The van der Waals surface area contributed by atoms with E-state index in [-0.39, 0.29) is 25.4 Å². The first-order chi connectivity index (χ1) is 4.29. The van der Waals surface area contributed by atoms with Gasteiger partial charge in [-0.1, -0.05) is 9.42 Å². The van der Waals surface area contributed by atoms with E-state index in [4.69, 9.17) is 0 Å². The number of tetrazole rings is 1. The molecule has 5 nitrogen and oxygen atoms in total. The summed E-state index contributed by atoms with van der Waals surface area (Å²) in [6.45, 7) is 0. The third-order valence-corrected chi connectivity index (χ3v) is 0.763. The minimum Gasteiger partial charge on any atom is -0.411 e. The van der Waals surface area contributed by atoms with Crippen molar-refractivity contribution < 1.29 is 21.1 Å². The predicted octanol–water partition coefficient (Wildman–Crippen LogP) is -0.559. The van der Waals surface area contributed by atoms with E-state index in [1.165, 1.54) is 0 Å². The maximum atomic E-state index is 4.53. The van der Waals surface area contributed by atoms with E-state index in [0.29, 0.717) is 5.95 Å². The second-order valence-corrected chi connectivity index (χ2v) is 2.22. The number of nitrogens with one attached hydrogen (secondary N) is 2. The fraction of sp³-hybridized carbons (Fsp3) is 0. The SMILES string of the molecule is S=C([S-])Nc1nn[nH]n1.[Mo]. The number of anilines is 1. The molecule has 1 rings (SSSR count). The van der Waals surface area contributed by atoms with Gasteiger partial charge in [-0.2, -0.15) is 5.21 Å². The molecule has 0 spiro atoms. The summed E-state index contributed by atoms with van der Waals surface area (Å²) in [5, 5.41) is 15.1. The minimum atomic E-state index is 0. The van der Waals surface area contributed by atoms with Crippen LogP contribution in [0.2, 0.25) is 0 Å². The van der Waals surface area contributed by atoms with Crippen molar-refractivity contribution in [3.63, 3.8) is 0 Å². The average Bonchev–Trinajstić information content (AvgIpc) is 2.15. The maximum Gasteiger partial charge on any atom is 0.266 e. The van der Waals surface area contributed by atoms with Crippen LogP contribution in [-0.4, -0.2) is 24.9 Å². The van der Waals surface area contributed by atoms with Gasteiger partial charge in [0, 0.05) is 21.1 Å². The smallest absolute Gasteiger partial charge is 0.266 e. The molecule has 1 heterocycles. The molecule has 1 aromatic rings. The normalized spacial score (nSPS) is 8.00. The first kappa shape index (κ1) is 9.87. The van der Waals surface area contributed by atoms with Crippen LogP contribution in [0.3, 0.4) is 0 Å². The molecular formula is C2H2MoN5S2-. The molecule has 0 fully saturated rings. The minimum absolute atomic E-state index is 0. The molecule has 54 valence electrons.